The van der Waals surface area contributed by atoms with Gasteiger partial charge in [-0.05, 0) is 36.7 Å². The molecule has 1 atom stereocenters. The zero-order valence-corrected chi connectivity index (χ0v) is 14.5. The molecule has 0 saturated carbocycles. The Kier molecular flexibility index (Phi) is 4.80. The average Bonchev–Trinajstić information content (AvgIpc) is 2.83. The zero-order valence-electron chi connectivity index (χ0n) is 12.1. The third kappa shape index (κ3) is 3.20. The lowest BCUT2D eigenvalue weighted by molar-refractivity contribution is 0.604. The van der Waals surface area contributed by atoms with Gasteiger partial charge in [0.2, 0.25) is 0 Å². The van der Waals surface area contributed by atoms with Crippen LogP contribution >= 0.6 is 34.5 Å². The van der Waals surface area contributed by atoms with Gasteiger partial charge < -0.3 is 5.32 Å². The highest BCUT2D eigenvalue weighted by Gasteiger charge is 2.23. The van der Waals surface area contributed by atoms with E-state index in [1.54, 1.807) is 11.3 Å². The van der Waals surface area contributed by atoms with E-state index in [9.17, 15) is 0 Å². The van der Waals surface area contributed by atoms with E-state index in [4.69, 9.17) is 23.2 Å². The molecular weight excluding hydrogens is 309 g/mol. The minimum Gasteiger partial charge on any atom is -0.309 e. The van der Waals surface area contributed by atoms with Crippen molar-refractivity contribution in [1.29, 1.82) is 0 Å². The highest BCUT2D eigenvalue weighted by Crippen LogP contribution is 2.38. The number of rotatable bonds is 3. The summed E-state index contributed by atoms with van der Waals surface area (Å²) in [5.41, 5.74) is 1.10. The summed E-state index contributed by atoms with van der Waals surface area (Å²) in [6, 6.07) is 10.0. The van der Waals surface area contributed by atoms with Gasteiger partial charge in [0.05, 0.1) is 6.04 Å². The predicted molar refractivity (Wildman–Crippen MR) is 90.4 cm³/mol. The summed E-state index contributed by atoms with van der Waals surface area (Å²) in [6.07, 6.45) is 0. The van der Waals surface area contributed by atoms with Crippen LogP contribution in [0.25, 0.3) is 0 Å². The Morgan fingerprint density at radius 3 is 2.10 bits per heavy atom. The van der Waals surface area contributed by atoms with Crippen LogP contribution in [0.3, 0.4) is 0 Å². The predicted octanol–water partition coefficient (Wildman–Crippen LogP) is 5.66. The number of benzene rings is 1. The van der Waals surface area contributed by atoms with Crippen LogP contribution in [0.15, 0.2) is 30.3 Å². The molecule has 1 unspecified atom stereocenters. The van der Waals surface area contributed by atoms with Crippen molar-refractivity contribution in [2.75, 3.05) is 7.05 Å². The second-order valence-corrected chi connectivity index (χ2v) is 7.74. The molecule has 2 rings (SSSR count). The molecule has 0 saturated heterocycles. The van der Waals surface area contributed by atoms with E-state index in [-0.39, 0.29) is 11.5 Å². The third-order valence-electron chi connectivity index (χ3n) is 3.23. The van der Waals surface area contributed by atoms with Gasteiger partial charge in [-0.1, -0.05) is 50.0 Å². The first kappa shape index (κ1) is 15.8. The van der Waals surface area contributed by atoms with E-state index >= 15 is 0 Å². The fraction of sp³-hybridized carbons (Fsp3) is 0.375. The molecule has 1 heterocycles. The molecule has 4 heteroatoms. The van der Waals surface area contributed by atoms with Crippen LogP contribution in [0.5, 0.6) is 0 Å². The zero-order chi connectivity index (χ0) is 14.9. The molecule has 0 aliphatic carbocycles. The standard InChI is InChI=1S/C16H19Cl2NS/c1-16(2,3)13-9-8-12(20-13)15(19-4)14-10(17)6-5-7-11(14)18/h5-9,15,19H,1-4H3. The van der Waals surface area contributed by atoms with Crippen molar-refractivity contribution in [2.24, 2.45) is 0 Å². The van der Waals surface area contributed by atoms with Gasteiger partial charge in [0.15, 0.2) is 0 Å². The molecule has 1 aromatic heterocycles. The third-order valence-corrected chi connectivity index (χ3v) is 5.46. The van der Waals surface area contributed by atoms with E-state index in [1.165, 1.54) is 9.75 Å². The van der Waals surface area contributed by atoms with Crippen LogP contribution in [0.4, 0.5) is 0 Å². The summed E-state index contributed by atoms with van der Waals surface area (Å²) in [4.78, 5) is 2.59. The molecule has 0 spiro atoms. The molecule has 0 amide bonds. The van der Waals surface area contributed by atoms with Crippen molar-refractivity contribution in [3.8, 4) is 0 Å². The molecule has 0 radical (unpaired) electrons. The van der Waals surface area contributed by atoms with Crippen molar-refractivity contribution < 1.29 is 0 Å². The molecule has 0 bridgehead atoms. The van der Waals surface area contributed by atoms with Crippen molar-refractivity contribution in [2.45, 2.75) is 32.2 Å². The van der Waals surface area contributed by atoms with E-state index in [2.05, 4.69) is 38.2 Å². The fourth-order valence-corrected chi connectivity index (χ4v) is 3.93. The van der Waals surface area contributed by atoms with Crippen LogP contribution in [0, 0.1) is 0 Å². The minimum atomic E-state index is 0.0253. The quantitative estimate of drug-likeness (QED) is 0.766. The molecule has 20 heavy (non-hydrogen) atoms. The van der Waals surface area contributed by atoms with Crippen molar-refractivity contribution in [3.63, 3.8) is 0 Å². The lowest BCUT2D eigenvalue weighted by atomic mass is 9.95. The van der Waals surface area contributed by atoms with Crippen molar-refractivity contribution in [3.05, 3.63) is 55.7 Å². The maximum absolute atomic E-state index is 6.33. The highest BCUT2D eigenvalue weighted by atomic mass is 35.5. The first-order valence-electron chi connectivity index (χ1n) is 6.56. The van der Waals surface area contributed by atoms with Gasteiger partial charge in [0.25, 0.3) is 0 Å². The first-order chi connectivity index (χ1) is 9.34. The summed E-state index contributed by atoms with van der Waals surface area (Å²) in [6.45, 7) is 6.67. The van der Waals surface area contributed by atoms with E-state index < -0.39 is 0 Å². The Bertz CT molecular complexity index is 579. The number of halogens is 2. The van der Waals surface area contributed by atoms with Crippen LogP contribution in [0.1, 0.15) is 42.1 Å². The summed E-state index contributed by atoms with van der Waals surface area (Å²) in [7, 11) is 1.93. The lowest BCUT2D eigenvalue weighted by Gasteiger charge is -2.19. The molecule has 1 aromatic carbocycles. The van der Waals surface area contributed by atoms with Crippen molar-refractivity contribution >= 4 is 34.5 Å². The maximum atomic E-state index is 6.33. The lowest BCUT2D eigenvalue weighted by Crippen LogP contribution is -2.17. The largest absolute Gasteiger partial charge is 0.309 e. The minimum absolute atomic E-state index is 0.0253. The topological polar surface area (TPSA) is 12.0 Å². The van der Waals surface area contributed by atoms with Crippen LogP contribution in [0.2, 0.25) is 10.0 Å². The molecule has 0 fully saturated rings. The van der Waals surface area contributed by atoms with E-state index in [0.717, 1.165) is 5.56 Å². The van der Waals surface area contributed by atoms with E-state index in [0.29, 0.717) is 10.0 Å². The molecule has 0 aliphatic heterocycles. The normalized spacial score (nSPS) is 13.5. The molecule has 108 valence electrons. The number of thiophene rings is 1. The Morgan fingerprint density at radius 1 is 1.05 bits per heavy atom. The molecular formula is C16H19Cl2NS. The van der Waals surface area contributed by atoms with Gasteiger partial charge in [-0.2, -0.15) is 0 Å². The van der Waals surface area contributed by atoms with Gasteiger partial charge in [-0.25, -0.2) is 0 Å². The Hall–Kier alpha value is -0.540. The fourth-order valence-electron chi connectivity index (χ4n) is 2.13. The first-order valence-corrected chi connectivity index (χ1v) is 8.13. The molecule has 1 N–H and O–H groups in total. The Labute approximate surface area is 134 Å². The summed E-state index contributed by atoms with van der Waals surface area (Å²) in [5.74, 6) is 0. The van der Waals surface area contributed by atoms with Crippen LogP contribution in [-0.4, -0.2) is 7.05 Å². The van der Waals surface area contributed by atoms with Crippen molar-refractivity contribution in [1.82, 2.24) is 5.32 Å². The SMILES string of the molecule is CNC(c1ccc(C(C)(C)C)s1)c1c(Cl)cccc1Cl. The highest BCUT2D eigenvalue weighted by molar-refractivity contribution is 7.12. The maximum Gasteiger partial charge on any atom is 0.0698 e. The summed E-state index contributed by atoms with van der Waals surface area (Å²) in [5, 5.41) is 4.72. The molecule has 1 nitrogen and oxygen atoms in total. The summed E-state index contributed by atoms with van der Waals surface area (Å²) < 4.78 is 0. The van der Waals surface area contributed by atoms with E-state index in [1.807, 2.05) is 25.2 Å². The van der Waals surface area contributed by atoms with Gasteiger partial charge >= 0.3 is 0 Å². The second-order valence-electron chi connectivity index (χ2n) is 5.81. The number of hydrogen-bond donors (Lipinski definition) is 1. The van der Waals surface area contributed by atoms with Crippen LogP contribution in [-0.2, 0) is 5.41 Å². The number of nitrogens with one attached hydrogen (secondary N) is 1. The van der Waals surface area contributed by atoms with Gasteiger partial charge in [0, 0.05) is 25.4 Å². The average molecular weight is 328 g/mol. The second kappa shape index (κ2) is 6.07. The summed E-state index contributed by atoms with van der Waals surface area (Å²) >= 11 is 14.5. The number of hydrogen-bond acceptors (Lipinski definition) is 2. The molecule has 2 aromatic rings. The Morgan fingerprint density at radius 2 is 1.65 bits per heavy atom. The van der Waals surface area contributed by atoms with Gasteiger partial charge in [0.1, 0.15) is 0 Å². The van der Waals surface area contributed by atoms with Crippen LogP contribution < -0.4 is 5.32 Å². The molecule has 0 aliphatic rings. The van der Waals surface area contributed by atoms with Gasteiger partial charge in [-0.15, -0.1) is 11.3 Å². The smallest absolute Gasteiger partial charge is 0.0698 e. The Balaban J connectivity index is 2.45. The monoisotopic (exact) mass is 327 g/mol. The van der Waals surface area contributed by atoms with Gasteiger partial charge in [-0.3, -0.25) is 0 Å².